The maximum atomic E-state index is 12.7. The third kappa shape index (κ3) is 4.82. The molecular weight excluding hydrogens is 382 g/mol. The monoisotopic (exact) mass is 415 g/mol. The van der Waals surface area contributed by atoms with Crippen molar-refractivity contribution in [3.63, 3.8) is 0 Å². The molecule has 0 fully saturated rings. The molecule has 1 atom stereocenters. The number of rotatable bonds is 5. The van der Waals surface area contributed by atoms with Gasteiger partial charge >= 0.3 is 0 Å². The highest BCUT2D eigenvalue weighted by atomic mass is 16.1. The predicted octanol–water partition coefficient (Wildman–Crippen LogP) is 6.30. The summed E-state index contributed by atoms with van der Waals surface area (Å²) >= 11 is 0. The fourth-order valence-corrected chi connectivity index (χ4v) is 4.88. The lowest BCUT2D eigenvalue weighted by atomic mass is 9.79. The molecule has 0 saturated heterocycles. The lowest BCUT2D eigenvalue weighted by Gasteiger charge is -2.50. The van der Waals surface area contributed by atoms with Crippen LogP contribution in [0.5, 0.6) is 0 Å². The van der Waals surface area contributed by atoms with Crippen molar-refractivity contribution in [3.05, 3.63) is 64.7 Å². The number of nitriles is 1. The van der Waals surface area contributed by atoms with E-state index in [1.165, 1.54) is 16.8 Å². The lowest BCUT2D eigenvalue weighted by molar-refractivity contribution is -0.112. The van der Waals surface area contributed by atoms with Gasteiger partial charge in [-0.1, -0.05) is 32.0 Å². The van der Waals surface area contributed by atoms with Gasteiger partial charge in [0.1, 0.15) is 11.6 Å². The number of carbonyl (C=O) groups excluding carboxylic acids is 1. The number of hydrogen-bond donors (Lipinski definition) is 1. The molecule has 2 aromatic carbocycles. The number of fused-ring (bicyclic) bond motifs is 1. The number of nitrogens with zero attached hydrogens (tertiary/aromatic N) is 2. The largest absolute Gasteiger partial charge is 0.364 e. The van der Waals surface area contributed by atoms with Gasteiger partial charge in [0.05, 0.1) is 0 Å². The number of anilines is 2. The maximum absolute atomic E-state index is 12.7. The van der Waals surface area contributed by atoms with Gasteiger partial charge in [0.25, 0.3) is 5.91 Å². The Labute approximate surface area is 186 Å². The Morgan fingerprint density at radius 2 is 1.94 bits per heavy atom. The molecule has 0 aromatic heterocycles. The van der Waals surface area contributed by atoms with E-state index in [4.69, 9.17) is 0 Å². The molecule has 0 unspecified atom stereocenters. The zero-order valence-corrected chi connectivity index (χ0v) is 19.5. The molecule has 1 heterocycles. The smallest absolute Gasteiger partial charge is 0.266 e. The Balaban J connectivity index is 1.89. The van der Waals surface area contributed by atoms with Crippen molar-refractivity contribution in [2.24, 2.45) is 0 Å². The Bertz CT molecular complexity index is 1030. The molecule has 3 rings (SSSR count). The van der Waals surface area contributed by atoms with E-state index in [0.29, 0.717) is 17.6 Å². The second kappa shape index (κ2) is 8.98. The molecule has 1 aliphatic heterocycles. The molecule has 0 spiro atoms. The van der Waals surface area contributed by atoms with Crippen molar-refractivity contribution in [2.45, 2.75) is 71.9 Å². The van der Waals surface area contributed by atoms with Gasteiger partial charge in [0, 0.05) is 23.0 Å². The van der Waals surface area contributed by atoms with E-state index in [-0.39, 0.29) is 17.0 Å². The standard InChI is InChI=1S/C27H33N3O/c1-7-20-8-11-23(12-9-20)29-26(31)22(17-28)14-21-10-13-25-24(15-21)19(4)16-27(5,6)30(25)18(2)3/h8-15,18-19H,7,16H2,1-6H3,(H,29,31)/b22-14-/t19-/m1/s1. The number of aryl methyl sites for hydroxylation is 1. The fraction of sp³-hybridized carbons (Fsp3) is 0.407. The van der Waals surface area contributed by atoms with Crippen LogP contribution in [0, 0.1) is 11.3 Å². The van der Waals surface area contributed by atoms with Crippen molar-refractivity contribution >= 4 is 23.4 Å². The third-order valence-corrected chi connectivity index (χ3v) is 6.11. The molecule has 4 nitrogen and oxygen atoms in total. The van der Waals surface area contributed by atoms with Crippen LogP contribution in [0.3, 0.4) is 0 Å². The predicted molar refractivity (Wildman–Crippen MR) is 129 cm³/mol. The van der Waals surface area contributed by atoms with Gasteiger partial charge in [0.2, 0.25) is 0 Å². The van der Waals surface area contributed by atoms with Crippen molar-refractivity contribution in [1.82, 2.24) is 0 Å². The van der Waals surface area contributed by atoms with Gasteiger partial charge in [-0.3, -0.25) is 4.79 Å². The Hall–Kier alpha value is -3.06. The Kier molecular flexibility index (Phi) is 6.55. The summed E-state index contributed by atoms with van der Waals surface area (Å²) in [5, 5.41) is 12.4. The van der Waals surface area contributed by atoms with Crippen LogP contribution in [0.15, 0.2) is 48.0 Å². The van der Waals surface area contributed by atoms with Gasteiger partial charge in [-0.15, -0.1) is 0 Å². The van der Waals surface area contributed by atoms with Crippen molar-refractivity contribution in [1.29, 1.82) is 5.26 Å². The van der Waals surface area contributed by atoms with E-state index in [0.717, 1.165) is 18.4 Å². The first-order valence-corrected chi connectivity index (χ1v) is 11.1. The highest BCUT2D eigenvalue weighted by molar-refractivity contribution is 6.09. The number of nitrogens with one attached hydrogen (secondary N) is 1. The first-order valence-electron chi connectivity index (χ1n) is 11.1. The highest BCUT2D eigenvalue weighted by Gasteiger charge is 2.37. The second-order valence-corrected chi connectivity index (χ2v) is 9.37. The molecule has 2 aromatic rings. The summed E-state index contributed by atoms with van der Waals surface area (Å²) in [6.45, 7) is 13.4. The normalized spacial score (nSPS) is 17.8. The summed E-state index contributed by atoms with van der Waals surface area (Å²) in [5.74, 6) is 0.0206. The highest BCUT2D eigenvalue weighted by Crippen LogP contribution is 2.44. The maximum Gasteiger partial charge on any atom is 0.266 e. The van der Waals surface area contributed by atoms with E-state index in [1.54, 1.807) is 6.08 Å². The first-order chi connectivity index (χ1) is 14.7. The Morgan fingerprint density at radius 1 is 1.26 bits per heavy atom. The molecule has 0 saturated carbocycles. The van der Waals surface area contributed by atoms with Crippen molar-refractivity contribution in [2.75, 3.05) is 10.2 Å². The zero-order chi connectivity index (χ0) is 22.8. The quantitative estimate of drug-likeness (QED) is 0.461. The minimum atomic E-state index is -0.387. The van der Waals surface area contributed by atoms with E-state index in [9.17, 15) is 10.1 Å². The fourth-order valence-electron chi connectivity index (χ4n) is 4.88. The number of amides is 1. The van der Waals surface area contributed by atoms with Crippen LogP contribution in [0.4, 0.5) is 11.4 Å². The lowest BCUT2D eigenvalue weighted by Crippen LogP contribution is -2.51. The number of benzene rings is 2. The first kappa shape index (κ1) is 22.6. The summed E-state index contributed by atoms with van der Waals surface area (Å²) in [6.07, 6.45) is 3.69. The van der Waals surface area contributed by atoms with Crippen molar-refractivity contribution < 1.29 is 4.79 Å². The van der Waals surface area contributed by atoms with E-state index >= 15 is 0 Å². The minimum absolute atomic E-state index is 0.0863. The average Bonchev–Trinajstić information content (AvgIpc) is 2.71. The number of hydrogen-bond acceptors (Lipinski definition) is 3. The summed E-state index contributed by atoms with van der Waals surface area (Å²) in [6, 6.07) is 16.4. The molecule has 1 amide bonds. The SMILES string of the molecule is CCc1ccc(NC(=O)/C(C#N)=C\c2ccc3c(c2)[C@H](C)CC(C)(C)N3C(C)C)cc1. The van der Waals surface area contributed by atoms with Crippen molar-refractivity contribution in [3.8, 4) is 6.07 Å². The van der Waals surface area contributed by atoms with Crippen LogP contribution >= 0.6 is 0 Å². The molecule has 162 valence electrons. The summed E-state index contributed by atoms with van der Waals surface area (Å²) in [5.41, 5.74) is 5.48. The molecule has 31 heavy (non-hydrogen) atoms. The van der Waals surface area contributed by atoms with Crippen LogP contribution in [-0.2, 0) is 11.2 Å². The molecule has 4 heteroatoms. The average molecular weight is 416 g/mol. The van der Waals surface area contributed by atoms with Gasteiger partial charge < -0.3 is 10.2 Å². The summed E-state index contributed by atoms with van der Waals surface area (Å²) in [4.78, 5) is 15.2. The Morgan fingerprint density at radius 3 is 2.52 bits per heavy atom. The van der Waals surface area contributed by atoms with E-state index in [2.05, 4.69) is 70.0 Å². The van der Waals surface area contributed by atoms with Gasteiger partial charge in [-0.25, -0.2) is 0 Å². The van der Waals surface area contributed by atoms with Crippen LogP contribution in [0.25, 0.3) is 6.08 Å². The van der Waals surface area contributed by atoms with Crippen LogP contribution in [0.1, 0.15) is 70.6 Å². The van der Waals surface area contributed by atoms with Crippen LogP contribution in [-0.4, -0.2) is 17.5 Å². The topological polar surface area (TPSA) is 56.1 Å². The zero-order valence-electron chi connectivity index (χ0n) is 19.5. The molecule has 0 aliphatic carbocycles. The summed E-state index contributed by atoms with van der Waals surface area (Å²) < 4.78 is 0. The van der Waals surface area contributed by atoms with Gasteiger partial charge in [0.15, 0.2) is 0 Å². The van der Waals surface area contributed by atoms with Crippen LogP contribution in [0.2, 0.25) is 0 Å². The van der Waals surface area contributed by atoms with Gasteiger partial charge in [-0.2, -0.15) is 5.26 Å². The third-order valence-electron chi connectivity index (χ3n) is 6.11. The van der Waals surface area contributed by atoms with E-state index in [1.807, 2.05) is 30.3 Å². The van der Waals surface area contributed by atoms with Crippen LogP contribution < -0.4 is 10.2 Å². The molecule has 0 radical (unpaired) electrons. The molecule has 1 N–H and O–H groups in total. The minimum Gasteiger partial charge on any atom is -0.364 e. The van der Waals surface area contributed by atoms with Gasteiger partial charge in [-0.05, 0) is 93.5 Å². The second-order valence-electron chi connectivity index (χ2n) is 9.37. The summed E-state index contributed by atoms with van der Waals surface area (Å²) in [7, 11) is 0. The molecule has 1 aliphatic rings. The molecule has 0 bridgehead atoms. The van der Waals surface area contributed by atoms with E-state index < -0.39 is 0 Å². The molecular formula is C27H33N3O. The number of carbonyl (C=O) groups is 1.